The van der Waals surface area contributed by atoms with Gasteiger partial charge in [-0.25, -0.2) is 8.42 Å². The Morgan fingerprint density at radius 1 is 1.04 bits per heavy atom. The molecule has 1 aromatic heterocycles. The van der Waals surface area contributed by atoms with E-state index >= 15 is 0 Å². The van der Waals surface area contributed by atoms with Crippen molar-refractivity contribution in [2.75, 3.05) is 18.9 Å². The highest BCUT2D eigenvalue weighted by molar-refractivity contribution is 7.91. The molecule has 1 heterocycles. The van der Waals surface area contributed by atoms with Gasteiger partial charge in [0.05, 0.1) is 25.5 Å². The van der Waals surface area contributed by atoms with Crippen LogP contribution in [0.4, 0.5) is 5.82 Å². The molecule has 1 N–H and O–H groups in total. The zero-order valence-corrected chi connectivity index (χ0v) is 15.1. The molecule has 0 aliphatic carbocycles. The summed E-state index contributed by atoms with van der Waals surface area (Å²) in [6.45, 7) is 0. The van der Waals surface area contributed by atoms with Gasteiger partial charge >= 0.3 is 0 Å². The number of benzene rings is 2. The van der Waals surface area contributed by atoms with Gasteiger partial charge in [0.15, 0.2) is 11.6 Å². The Hall–Kier alpha value is -3.00. The summed E-state index contributed by atoms with van der Waals surface area (Å²) in [7, 11) is -0.580. The van der Waals surface area contributed by atoms with Crippen LogP contribution in [0.2, 0.25) is 0 Å². The van der Waals surface area contributed by atoms with Gasteiger partial charge in [-0.1, -0.05) is 29.4 Å². The molecule has 0 radical (unpaired) electrons. The van der Waals surface area contributed by atoms with Crippen LogP contribution in [0.5, 0.6) is 11.5 Å². The molecule has 2 aromatic carbocycles. The maximum atomic E-state index is 12.4. The average molecular weight is 374 g/mol. The standard InChI is InChI=1S/C18H18N2O5S/c1-23-14-7-5-6-13(10-14)12-26(21,22)20-18-11-17(25-19-18)15-8-3-4-9-16(15)24-2/h3-11H,12H2,1-2H3,(H,19,20). The fourth-order valence-corrected chi connectivity index (χ4v) is 3.58. The molecule has 8 heteroatoms. The lowest BCUT2D eigenvalue weighted by Gasteiger charge is -2.06. The fraction of sp³-hybridized carbons (Fsp3) is 0.167. The summed E-state index contributed by atoms with van der Waals surface area (Å²) in [4.78, 5) is 0. The number of aromatic nitrogens is 1. The Bertz CT molecular complexity index is 998. The number of hydrogen-bond acceptors (Lipinski definition) is 6. The quantitative estimate of drug-likeness (QED) is 0.682. The molecule has 0 atom stereocenters. The van der Waals surface area contributed by atoms with E-state index in [1.807, 2.05) is 12.1 Å². The van der Waals surface area contributed by atoms with Crippen LogP contribution in [0.15, 0.2) is 59.1 Å². The second kappa shape index (κ2) is 7.49. The van der Waals surface area contributed by atoms with Crippen molar-refractivity contribution in [1.82, 2.24) is 5.16 Å². The van der Waals surface area contributed by atoms with Crippen molar-refractivity contribution in [2.24, 2.45) is 0 Å². The van der Waals surface area contributed by atoms with E-state index in [0.29, 0.717) is 28.4 Å². The van der Waals surface area contributed by atoms with Gasteiger partial charge in [-0.2, -0.15) is 0 Å². The lowest BCUT2D eigenvalue weighted by molar-refractivity contribution is 0.407. The largest absolute Gasteiger partial charge is 0.497 e. The van der Waals surface area contributed by atoms with Crippen LogP contribution in [-0.4, -0.2) is 27.8 Å². The van der Waals surface area contributed by atoms with Crippen LogP contribution in [0, 0.1) is 0 Å². The lowest BCUT2D eigenvalue weighted by Crippen LogP contribution is -2.15. The number of rotatable bonds is 7. The first-order valence-electron chi connectivity index (χ1n) is 7.74. The van der Waals surface area contributed by atoms with Crippen LogP contribution < -0.4 is 14.2 Å². The second-order valence-corrected chi connectivity index (χ2v) is 7.21. The predicted molar refractivity (Wildman–Crippen MR) is 97.7 cm³/mol. The number of sulfonamides is 1. The van der Waals surface area contributed by atoms with E-state index in [9.17, 15) is 8.42 Å². The maximum Gasteiger partial charge on any atom is 0.238 e. The summed E-state index contributed by atoms with van der Waals surface area (Å²) in [5.74, 6) is 1.50. The molecule has 0 unspecified atom stereocenters. The first-order valence-corrected chi connectivity index (χ1v) is 9.39. The number of nitrogens with zero attached hydrogens (tertiary/aromatic N) is 1. The second-order valence-electron chi connectivity index (χ2n) is 5.49. The summed E-state index contributed by atoms with van der Waals surface area (Å²) in [5, 5.41) is 3.78. The average Bonchev–Trinajstić information content (AvgIpc) is 3.08. The van der Waals surface area contributed by atoms with E-state index in [1.54, 1.807) is 43.5 Å². The molecule has 26 heavy (non-hydrogen) atoms. The minimum Gasteiger partial charge on any atom is -0.497 e. The van der Waals surface area contributed by atoms with E-state index < -0.39 is 10.0 Å². The summed E-state index contributed by atoms with van der Waals surface area (Å²) in [6.07, 6.45) is 0. The highest BCUT2D eigenvalue weighted by atomic mass is 32.2. The third-order valence-electron chi connectivity index (χ3n) is 3.63. The van der Waals surface area contributed by atoms with Crippen molar-refractivity contribution in [3.8, 4) is 22.8 Å². The van der Waals surface area contributed by atoms with Gasteiger partial charge < -0.3 is 14.0 Å². The first-order chi connectivity index (χ1) is 12.5. The Morgan fingerprint density at radius 3 is 2.62 bits per heavy atom. The monoisotopic (exact) mass is 374 g/mol. The maximum absolute atomic E-state index is 12.4. The molecule has 0 fully saturated rings. The van der Waals surface area contributed by atoms with Crippen molar-refractivity contribution in [3.63, 3.8) is 0 Å². The molecule has 0 aliphatic rings. The molecule has 0 spiro atoms. The SMILES string of the molecule is COc1cccc(CS(=O)(=O)Nc2cc(-c3ccccc3OC)on2)c1. The number of methoxy groups -OCH3 is 2. The zero-order valence-electron chi connectivity index (χ0n) is 14.3. The van der Waals surface area contributed by atoms with Crippen LogP contribution in [0.25, 0.3) is 11.3 Å². The Balaban J connectivity index is 1.77. The number of hydrogen-bond donors (Lipinski definition) is 1. The predicted octanol–water partition coefficient (Wildman–Crippen LogP) is 3.30. The number of para-hydroxylation sites is 1. The van der Waals surface area contributed by atoms with E-state index in [4.69, 9.17) is 14.0 Å². The van der Waals surface area contributed by atoms with E-state index in [1.165, 1.54) is 13.2 Å². The van der Waals surface area contributed by atoms with Gasteiger partial charge in [-0.05, 0) is 29.8 Å². The van der Waals surface area contributed by atoms with Gasteiger partial charge in [0, 0.05) is 6.07 Å². The lowest BCUT2D eigenvalue weighted by atomic mass is 10.1. The molecule has 0 aliphatic heterocycles. The summed E-state index contributed by atoms with van der Waals surface area (Å²) in [5.41, 5.74) is 1.28. The Labute approximate surface area is 151 Å². The molecule has 3 aromatic rings. The van der Waals surface area contributed by atoms with Crippen molar-refractivity contribution in [3.05, 3.63) is 60.2 Å². The van der Waals surface area contributed by atoms with E-state index in [0.717, 1.165) is 0 Å². The van der Waals surface area contributed by atoms with E-state index in [2.05, 4.69) is 9.88 Å². The Kier molecular flexibility index (Phi) is 5.13. The molecule has 0 bridgehead atoms. The smallest absolute Gasteiger partial charge is 0.238 e. The minimum absolute atomic E-state index is 0.105. The normalized spacial score (nSPS) is 11.2. The third kappa shape index (κ3) is 4.15. The number of anilines is 1. The molecular formula is C18H18N2O5S. The zero-order chi connectivity index (χ0) is 18.6. The Morgan fingerprint density at radius 2 is 1.85 bits per heavy atom. The molecule has 0 amide bonds. The van der Waals surface area contributed by atoms with Crippen molar-refractivity contribution in [1.29, 1.82) is 0 Å². The van der Waals surface area contributed by atoms with Crippen LogP contribution in [0.1, 0.15) is 5.56 Å². The van der Waals surface area contributed by atoms with Gasteiger partial charge in [-0.3, -0.25) is 4.72 Å². The summed E-state index contributed by atoms with van der Waals surface area (Å²) < 4.78 is 42.8. The van der Waals surface area contributed by atoms with Crippen molar-refractivity contribution >= 4 is 15.8 Å². The van der Waals surface area contributed by atoms with Gasteiger partial charge in [0.1, 0.15) is 11.5 Å². The minimum atomic E-state index is -3.66. The molecule has 136 valence electrons. The summed E-state index contributed by atoms with van der Waals surface area (Å²) >= 11 is 0. The van der Waals surface area contributed by atoms with Gasteiger partial charge in [-0.15, -0.1) is 0 Å². The van der Waals surface area contributed by atoms with E-state index in [-0.39, 0.29) is 11.6 Å². The molecule has 7 nitrogen and oxygen atoms in total. The molecule has 0 saturated heterocycles. The van der Waals surface area contributed by atoms with Gasteiger partial charge in [0.2, 0.25) is 10.0 Å². The number of ether oxygens (including phenoxy) is 2. The highest BCUT2D eigenvalue weighted by Crippen LogP contribution is 2.31. The van der Waals surface area contributed by atoms with Gasteiger partial charge in [0.25, 0.3) is 0 Å². The van der Waals surface area contributed by atoms with Crippen LogP contribution >= 0.6 is 0 Å². The number of nitrogens with one attached hydrogen (secondary N) is 1. The third-order valence-corrected chi connectivity index (χ3v) is 4.87. The topological polar surface area (TPSA) is 90.7 Å². The first kappa shape index (κ1) is 17.8. The summed E-state index contributed by atoms with van der Waals surface area (Å²) in [6, 6.07) is 15.6. The van der Waals surface area contributed by atoms with Crippen molar-refractivity contribution in [2.45, 2.75) is 5.75 Å². The highest BCUT2D eigenvalue weighted by Gasteiger charge is 2.17. The van der Waals surface area contributed by atoms with Crippen LogP contribution in [-0.2, 0) is 15.8 Å². The molecule has 0 saturated carbocycles. The van der Waals surface area contributed by atoms with Crippen molar-refractivity contribution < 1.29 is 22.4 Å². The fourth-order valence-electron chi connectivity index (χ4n) is 2.48. The van der Waals surface area contributed by atoms with Crippen LogP contribution in [0.3, 0.4) is 0 Å². The molecule has 3 rings (SSSR count). The molecular weight excluding hydrogens is 356 g/mol.